The number of hydrogen-bond donors (Lipinski definition) is 1. The second-order valence-corrected chi connectivity index (χ2v) is 5.98. The Labute approximate surface area is 157 Å². The van der Waals surface area contributed by atoms with Crippen LogP contribution >= 0.6 is 0 Å². The molecule has 5 heteroatoms. The van der Waals surface area contributed by atoms with Gasteiger partial charge in [-0.25, -0.2) is 0 Å². The van der Waals surface area contributed by atoms with Crippen LogP contribution in [0.15, 0.2) is 89.3 Å². The molecular weight excluding hydrogens is 338 g/mol. The van der Waals surface area contributed by atoms with E-state index in [9.17, 15) is 0 Å². The SMILES string of the molecule is c1ccc(Oc2ccc(NCCc3nnc(-c4ccccc4)o3)cc2)cc1. The number of nitrogens with one attached hydrogen (secondary N) is 1. The molecule has 0 saturated carbocycles. The van der Waals surface area contributed by atoms with Crippen LogP contribution in [0, 0.1) is 0 Å². The molecule has 0 bridgehead atoms. The van der Waals surface area contributed by atoms with Gasteiger partial charge in [0.25, 0.3) is 0 Å². The topological polar surface area (TPSA) is 60.2 Å². The van der Waals surface area contributed by atoms with Crippen molar-refractivity contribution in [3.63, 3.8) is 0 Å². The Kier molecular flexibility index (Phi) is 5.11. The van der Waals surface area contributed by atoms with Crippen molar-refractivity contribution in [2.24, 2.45) is 0 Å². The molecule has 1 aromatic heterocycles. The summed E-state index contributed by atoms with van der Waals surface area (Å²) >= 11 is 0. The molecule has 5 nitrogen and oxygen atoms in total. The summed E-state index contributed by atoms with van der Waals surface area (Å²) in [4.78, 5) is 0. The number of hydrogen-bond acceptors (Lipinski definition) is 5. The lowest BCUT2D eigenvalue weighted by Gasteiger charge is -2.08. The fraction of sp³-hybridized carbons (Fsp3) is 0.0909. The fourth-order valence-corrected chi connectivity index (χ4v) is 2.63. The van der Waals surface area contributed by atoms with Crippen LogP contribution in [0.3, 0.4) is 0 Å². The van der Waals surface area contributed by atoms with Crippen molar-refractivity contribution in [3.05, 3.63) is 90.8 Å². The van der Waals surface area contributed by atoms with Crippen molar-refractivity contribution < 1.29 is 9.15 Å². The third-order valence-electron chi connectivity index (χ3n) is 3.99. The Morgan fingerprint density at radius 2 is 1.41 bits per heavy atom. The van der Waals surface area contributed by atoms with Gasteiger partial charge >= 0.3 is 0 Å². The highest BCUT2D eigenvalue weighted by molar-refractivity contribution is 5.51. The van der Waals surface area contributed by atoms with E-state index in [4.69, 9.17) is 9.15 Å². The van der Waals surface area contributed by atoms with E-state index in [1.165, 1.54) is 0 Å². The Balaban J connectivity index is 1.29. The third kappa shape index (κ3) is 4.52. The van der Waals surface area contributed by atoms with Crippen molar-refractivity contribution in [1.29, 1.82) is 0 Å². The maximum absolute atomic E-state index is 5.79. The summed E-state index contributed by atoms with van der Waals surface area (Å²) in [5.74, 6) is 2.79. The molecule has 0 aliphatic carbocycles. The summed E-state index contributed by atoms with van der Waals surface area (Å²) in [5, 5.41) is 11.6. The van der Waals surface area contributed by atoms with Gasteiger partial charge in [-0.3, -0.25) is 0 Å². The molecule has 1 N–H and O–H groups in total. The molecule has 0 aliphatic rings. The summed E-state index contributed by atoms with van der Waals surface area (Å²) in [6, 6.07) is 27.3. The molecule has 4 aromatic rings. The quantitative estimate of drug-likeness (QED) is 0.493. The number of anilines is 1. The molecule has 0 unspecified atom stereocenters. The van der Waals surface area contributed by atoms with Crippen molar-refractivity contribution in [2.75, 3.05) is 11.9 Å². The fourth-order valence-electron chi connectivity index (χ4n) is 2.63. The number of aromatic nitrogens is 2. The first-order valence-electron chi connectivity index (χ1n) is 8.81. The molecule has 0 amide bonds. The maximum Gasteiger partial charge on any atom is 0.247 e. The van der Waals surface area contributed by atoms with Crippen LogP contribution in [0.1, 0.15) is 5.89 Å². The summed E-state index contributed by atoms with van der Waals surface area (Å²) in [6.45, 7) is 0.704. The first kappa shape index (κ1) is 16.8. The first-order valence-corrected chi connectivity index (χ1v) is 8.81. The average Bonchev–Trinajstić information content (AvgIpc) is 3.20. The van der Waals surface area contributed by atoms with Crippen LogP contribution in [-0.2, 0) is 6.42 Å². The summed E-state index contributed by atoms with van der Waals surface area (Å²) in [5.41, 5.74) is 1.94. The highest BCUT2D eigenvalue weighted by Crippen LogP contribution is 2.22. The first-order chi connectivity index (χ1) is 13.4. The number of nitrogens with zero attached hydrogens (tertiary/aromatic N) is 2. The van der Waals surface area contributed by atoms with Crippen LogP contribution < -0.4 is 10.1 Å². The number of ether oxygens (including phenoxy) is 1. The van der Waals surface area contributed by atoms with Gasteiger partial charge in [0.05, 0.1) is 0 Å². The van der Waals surface area contributed by atoms with Crippen molar-refractivity contribution in [2.45, 2.75) is 6.42 Å². The minimum Gasteiger partial charge on any atom is -0.457 e. The van der Waals surface area contributed by atoms with Gasteiger partial charge < -0.3 is 14.5 Å². The summed E-state index contributed by atoms with van der Waals surface area (Å²) < 4.78 is 11.5. The Morgan fingerprint density at radius 1 is 0.741 bits per heavy atom. The molecule has 0 fully saturated rings. The van der Waals surface area contributed by atoms with Crippen LogP contribution in [0.25, 0.3) is 11.5 Å². The zero-order valence-corrected chi connectivity index (χ0v) is 14.7. The van der Waals surface area contributed by atoms with Gasteiger partial charge in [-0.1, -0.05) is 36.4 Å². The van der Waals surface area contributed by atoms with Crippen LogP contribution in [0.5, 0.6) is 11.5 Å². The molecule has 4 rings (SSSR count). The normalized spacial score (nSPS) is 10.5. The molecule has 134 valence electrons. The van der Waals surface area contributed by atoms with E-state index in [1.54, 1.807) is 0 Å². The monoisotopic (exact) mass is 357 g/mol. The third-order valence-corrected chi connectivity index (χ3v) is 3.99. The highest BCUT2D eigenvalue weighted by atomic mass is 16.5. The second kappa shape index (κ2) is 8.19. The summed E-state index contributed by atoms with van der Waals surface area (Å²) in [7, 11) is 0. The molecule has 1 heterocycles. The van der Waals surface area contributed by atoms with Gasteiger partial charge in [0, 0.05) is 24.2 Å². The Morgan fingerprint density at radius 3 is 2.15 bits per heavy atom. The molecule has 27 heavy (non-hydrogen) atoms. The van der Waals surface area contributed by atoms with Crippen LogP contribution in [0.2, 0.25) is 0 Å². The Hall–Kier alpha value is -3.60. The molecule has 0 aliphatic heterocycles. The van der Waals surface area contributed by atoms with Gasteiger partial charge in [-0.05, 0) is 48.5 Å². The van der Waals surface area contributed by atoms with Gasteiger partial charge in [0.1, 0.15) is 11.5 Å². The molecule has 3 aromatic carbocycles. The lowest BCUT2D eigenvalue weighted by Crippen LogP contribution is -2.04. The Bertz CT molecular complexity index is 967. The smallest absolute Gasteiger partial charge is 0.247 e. The van der Waals surface area contributed by atoms with E-state index in [2.05, 4.69) is 15.5 Å². The number of para-hydroxylation sites is 1. The summed E-state index contributed by atoms with van der Waals surface area (Å²) in [6.07, 6.45) is 0.655. The number of benzene rings is 3. The van der Waals surface area contributed by atoms with E-state index in [0.29, 0.717) is 24.7 Å². The van der Waals surface area contributed by atoms with Crippen molar-refractivity contribution in [1.82, 2.24) is 10.2 Å². The maximum atomic E-state index is 5.79. The van der Waals surface area contributed by atoms with Gasteiger partial charge in [-0.2, -0.15) is 0 Å². The second-order valence-electron chi connectivity index (χ2n) is 5.98. The largest absolute Gasteiger partial charge is 0.457 e. The van der Waals surface area contributed by atoms with E-state index in [-0.39, 0.29) is 0 Å². The molecule has 0 spiro atoms. The van der Waals surface area contributed by atoms with E-state index in [0.717, 1.165) is 22.7 Å². The minimum atomic E-state index is 0.549. The molecule has 0 atom stereocenters. The van der Waals surface area contributed by atoms with Crippen LogP contribution in [-0.4, -0.2) is 16.7 Å². The van der Waals surface area contributed by atoms with E-state index in [1.807, 2.05) is 84.9 Å². The highest BCUT2D eigenvalue weighted by Gasteiger charge is 2.07. The van der Waals surface area contributed by atoms with Gasteiger partial charge in [0.15, 0.2) is 0 Å². The zero-order valence-electron chi connectivity index (χ0n) is 14.7. The van der Waals surface area contributed by atoms with Gasteiger partial charge in [0.2, 0.25) is 11.8 Å². The predicted molar refractivity (Wildman–Crippen MR) is 105 cm³/mol. The molecule has 0 radical (unpaired) electrons. The lowest BCUT2D eigenvalue weighted by molar-refractivity contribution is 0.482. The average molecular weight is 357 g/mol. The molecular formula is C22H19N3O2. The van der Waals surface area contributed by atoms with Crippen molar-refractivity contribution in [3.8, 4) is 23.0 Å². The predicted octanol–water partition coefficient (Wildman–Crippen LogP) is 5.18. The van der Waals surface area contributed by atoms with Crippen molar-refractivity contribution >= 4 is 5.69 Å². The van der Waals surface area contributed by atoms with Gasteiger partial charge in [-0.15, -0.1) is 10.2 Å². The standard InChI is InChI=1S/C22H19N3O2/c1-3-7-17(8-4-1)22-25-24-21(27-22)15-16-23-18-11-13-20(14-12-18)26-19-9-5-2-6-10-19/h1-14,23H,15-16H2. The minimum absolute atomic E-state index is 0.549. The lowest BCUT2D eigenvalue weighted by atomic mass is 10.2. The zero-order chi connectivity index (χ0) is 18.3. The van der Waals surface area contributed by atoms with E-state index >= 15 is 0 Å². The molecule has 0 saturated heterocycles. The number of rotatable bonds is 7. The van der Waals surface area contributed by atoms with E-state index < -0.39 is 0 Å². The van der Waals surface area contributed by atoms with Crippen LogP contribution in [0.4, 0.5) is 5.69 Å².